The molecular formula is C38H59N5O7S. The van der Waals surface area contributed by atoms with Crippen LogP contribution < -0.4 is 21.3 Å². The van der Waals surface area contributed by atoms with Crippen molar-refractivity contribution in [1.82, 2.24) is 26.2 Å². The Morgan fingerprint density at radius 2 is 1.57 bits per heavy atom. The summed E-state index contributed by atoms with van der Waals surface area (Å²) in [6, 6.07) is -3.26. The predicted octanol–water partition coefficient (Wildman–Crippen LogP) is 3.54. The number of sulfone groups is 1. The van der Waals surface area contributed by atoms with E-state index >= 15 is 0 Å². The van der Waals surface area contributed by atoms with Gasteiger partial charge in [-0.3, -0.25) is 19.2 Å². The zero-order valence-electron chi connectivity index (χ0n) is 30.6. The normalized spacial score (nSPS) is 31.6. The number of fused-ring (bicyclic) bond motifs is 1. The summed E-state index contributed by atoms with van der Waals surface area (Å²) in [7, 11) is -3.35. The standard InChI is InChI=1S/C38H59N5O7S/c1-4-20-39-34(46)31(44)27(22-25-13-11-14-25)40-33(45)30-29-24(2)26(29)23-43(30)35(47)32(37(3)16-7-5-8-17-37)41-36(48)42-38(18-9-6-10-19-38)28-15-12-21-51(28,49)50/h4,24-30,32H,1,5-23H2,2-3H3,(H,39,46)(H,40,45)(H2,41,42,48)/t24?,26-,27?,28?,29+,30+,32-/m1/s1. The summed E-state index contributed by atoms with van der Waals surface area (Å²) < 4.78 is 26.4. The van der Waals surface area contributed by atoms with Gasteiger partial charge in [0.05, 0.1) is 22.6 Å². The molecule has 7 atom stereocenters. The average molecular weight is 730 g/mol. The van der Waals surface area contributed by atoms with Crippen molar-refractivity contribution in [3.8, 4) is 0 Å². The van der Waals surface area contributed by atoms with E-state index < -0.39 is 67.8 Å². The highest BCUT2D eigenvalue weighted by atomic mass is 32.2. The molecule has 4 saturated carbocycles. The molecule has 3 unspecified atom stereocenters. The maximum atomic E-state index is 14.9. The molecule has 0 spiro atoms. The number of piperidine rings is 1. The Labute approximate surface area is 303 Å². The lowest BCUT2D eigenvalue weighted by Gasteiger charge is -2.45. The largest absolute Gasteiger partial charge is 0.346 e. The van der Waals surface area contributed by atoms with Crippen molar-refractivity contribution in [2.75, 3.05) is 18.8 Å². The Kier molecular flexibility index (Phi) is 11.2. The van der Waals surface area contributed by atoms with Crippen molar-refractivity contribution in [3.63, 3.8) is 0 Å². The summed E-state index contributed by atoms with van der Waals surface area (Å²) in [6.07, 6.45) is 14.1. The molecule has 0 aromatic rings. The van der Waals surface area contributed by atoms with Gasteiger partial charge in [-0.25, -0.2) is 13.2 Å². The molecule has 13 heteroatoms. The molecule has 2 aliphatic heterocycles. The summed E-state index contributed by atoms with van der Waals surface area (Å²) in [5, 5.41) is 11.1. The average Bonchev–Trinajstić information content (AvgIpc) is 3.36. The van der Waals surface area contributed by atoms with Gasteiger partial charge in [-0.1, -0.05) is 77.7 Å². The third-order valence-corrected chi connectivity index (χ3v) is 16.0. The lowest BCUT2D eigenvalue weighted by molar-refractivity contribution is -0.145. The third-order valence-electron chi connectivity index (χ3n) is 13.6. The molecule has 4 N–H and O–H groups in total. The smallest absolute Gasteiger partial charge is 0.315 e. The van der Waals surface area contributed by atoms with Gasteiger partial charge < -0.3 is 26.2 Å². The minimum absolute atomic E-state index is 0.0743. The maximum Gasteiger partial charge on any atom is 0.315 e. The first-order chi connectivity index (χ1) is 24.3. The fourth-order valence-corrected chi connectivity index (χ4v) is 12.7. The van der Waals surface area contributed by atoms with E-state index in [0.717, 1.165) is 70.6 Å². The van der Waals surface area contributed by atoms with Crippen molar-refractivity contribution in [3.05, 3.63) is 12.7 Å². The van der Waals surface area contributed by atoms with E-state index in [1.54, 1.807) is 4.90 Å². The predicted molar refractivity (Wildman–Crippen MR) is 193 cm³/mol. The number of likely N-dealkylation sites (tertiary alicyclic amines) is 1. The second-order valence-corrected chi connectivity index (χ2v) is 19.3. The molecule has 6 fully saturated rings. The van der Waals surface area contributed by atoms with Gasteiger partial charge >= 0.3 is 6.03 Å². The third kappa shape index (κ3) is 7.74. The first kappa shape index (κ1) is 37.8. The summed E-state index contributed by atoms with van der Waals surface area (Å²) in [5.74, 6) is -1.55. The lowest BCUT2D eigenvalue weighted by atomic mass is 9.70. The molecule has 284 valence electrons. The van der Waals surface area contributed by atoms with Crippen LogP contribution in [0.15, 0.2) is 12.7 Å². The Hall–Kier alpha value is -2.96. The minimum Gasteiger partial charge on any atom is -0.346 e. The number of urea groups is 1. The molecular weight excluding hydrogens is 671 g/mol. The summed E-state index contributed by atoms with van der Waals surface area (Å²) in [4.78, 5) is 70.8. The zero-order valence-corrected chi connectivity index (χ0v) is 31.4. The topological polar surface area (TPSA) is 171 Å². The molecule has 2 saturated heterocycles. The molecule has 6 rings (SSSR count). The molecule has 0 aromatic carbocycles. The first-order valence-electron chi connectivity index (χ1n) is 19.6. The highest BCUT2D eigenvalue weighted by molar-refractivity contribution is 7.92. The number of carbonyl (C=O) groups excluding carboxylic acids is 5. The minimum atomic E-state index is -3.35. The highest BCUT2D eigenvalue weighted by Gasteiger charge is 2.63. The van der Waals surface area contributed by atoms with Crippen molar-refractivity contribution < 1.29 is 32.4 Å². The van der Waals surface area contributed by atoms with E-state index in [-0.39, 0.29) is 41.9 Å². The van der Waals surface area contributed by atoms with E-state index in [1.807, 2.05) is 6.92 Å². The summed E-state index contributed by atoms with van der Waals surface area (Å²) in [6.45, 7) is 8.22. The molecule has 5 amide bonds. The van der Waals surface area contributed by atoms with Crippen LogP contribution in [0.2, 0.25) is 0 Å². The lowest BCUT2D eigenvalue weighted by Crippen LogP contribution is -2.66. The molecule has 51 heavy (non-hydrogen) atoms. The van der Waals surface area contributed by atoms with Gasteiger partial charge in [0, 0.05) is 13.1 Å². The zero-order chi connectivity index (χ0) is 36.6. The number of ketones is 1. The number of hydrogen-bond acceptors (Lipinski definition) is 7. The van der Waals surface area contributed by atoms with Crippen molar-refractivity contribution in [1.29, 1.82) is 0 Å². The second-order valence-electron chi connectivity index (χ2n) is 17.0. The van der Waals surface area contributed by atoms with E-state index in [1.165, 1.54) is 6.08 Å². The van der Waals surface area contributed by atoms with Gasteiger partial charge in [0.15, 0.2) is 9.84 Å². The van der Waals surface area contributed by atoms with Crippen LogP contribution in [0.3, 0.4) is 0 Å². The van der Waals surface area contributed by atoms with Crippen LogP contribution in [0.5, 0.6) is 0 Å². The van der Waals surface area contributed by atoms with Crippen LogP contribution >= 0.6 is 0 Å². The van der Waals surface area contributed by atoms with Gasteiger partial charge in [0.25, 0.3) is 5.91 Å². The van der Waals surface area contributed by atoms with E-state index in [9.17, 15) is 32.4 Å². The molecule has 4 aliphatic carbocycles. The summed E-state index contributed by atoms with van der Waals surface area (Å²) in [5.41, 5.74) is -1.43. The number of rotatable bonds is 13. The van der Waals surface area contributed by atoms with Crippen LogP contribution in [0, 0.1) is 29.1 Å². The molecule has 2 heterocycles. The monoisotopic (exact) mass is 729 g/mol. The van der Waals surface area contributed by atoms with Crippen molar-refractivity contribution >= 4 is 39.4 Å². The number of Topliss-reactive ketones (excluding diaryl/α,β-unsaturated/α-hetero) is 1. The maximum absolute atomic E-state index is 14.9. The van der Waals surface area contributed by atoms with Gasteiger partial charge in [0.2, 0.25) is 17.6 Å². The van der Waals surface area contributed by atoms with Crippen molar-refractivity contribution in [2.24, 2.45) is 29.1 Å². The van der Waals surface area contributed by atoms with Crippen LogP contribution in [0.25, 0.3) is 0 Å². The van der Waals surface area contributed by atoms with Gasteiger partial charge in [0.1, 0.15) is 12.1 Å². The Morgan fingerprint density at radius 1 is 0.902 bits per heavy atom. The van der Waals surface area contributed by atoms with Gasteiger partial charge in [-0.2, -0.15) is 0 Å². The number of nitrogens with zero attached hydrogens (tertiary/aromatic N) is 1. The van der Waals surface area contributed by atoms with E-state index in [2.05, 4.69) is 34.8 Å². The molecule has 0 aromatic heterocycles. The molecule has 6 aliphatic rings. The number of carbonyl (C=O) groups is 5. The molecule has 0 radical (unpaired) electrons. The van der Waals surface area contributed by atoms with E-state index in [0.29, 0.717) is 38.6 Å². The van der Waals surface area contributed by atoms with Crippen LogP contribution in [-0.4, -0.2) is 90.6 Å². The van der Waals surface area contributed by atoms with Crippen LogP contribution in [0.1, 0.15) is 117 Å². The first-order valence-corrected chi connectivity index (χ1v) is 21.4. The Balaban J connectivity index is 1.23. The van der Waals surface area contributed by atoms with Gasteiger partial charge in [-0.15, -0.1) is 6.58 Å². The second kappa shape index (κ2) is 15.2. The number of hydrogen-bond donors (Lipinski definition) is 4. The fourth-order valence-electron chi connectivity index (χ4n) is 10.3. The highest BCUT2D eigenvalue weighted by Crippen LogP contribution is 2.56. The Bertz CT molecular complexity index is 1480. The van der Waals surface area contributed by atoms with E-state index in [4.69, 9.17) is 0 Å². The fraction of sp³-hybridized carbons (Fsp3) is 0.816. The SMILES string of the molecule is C=CCNC(=O)C(=O)C(CC1CCC1)NC(=O)[C@@H]1[C@H]2C(C)[C@H]2CN1C(=O)[C@@H](NC(=O)NC1(C2CCCS2(=O)=O)CCCCC1)C1(C)CCCCC1. The van der Waals surface area contributed by atoms with Gasteiger partial charge in [-0.05, 0) is 74.0 Å². The van der Waals surface area contributed by atoms with Crippen LogP contribution in [0.4, 0.5) is 4.79 Å². The molecule has 12 nitrogen and oxygen atoms in total. The molecule has 0 bridgehead atoms. The Morgan fingerprint density at radius 3 is 2.16 bits per heavy atom. The quantitative estimate of drug-likeness (QED) is 0.166. The number of amides is 5. The van der Waals surface area contributed by atoms with Crippen molar-refractivity contribution in [2.45, 2.75) is 145 Å². The number of nitrogens with one attached hydrogen (secondary N) is 4. The van der Waals surface area contributed by atoms with Crippen LogP contribution in [-0.2, 0) is 29.0 Å². The summed E-state index contributed by atoms with van der Waals surface area (Å²) >= 11 is 0.